The van der Waals surface area contributed by atoms with Crippen LogP contribution >= 0.6 is 0 Å². The number of nitrogens with zero attached hydrogens (tertiary/aromatic N) is 1. The van der Waals surface area contributed by atoms with Gasteiger partial charge in [-0.2, -0.15) is 0 Å². The summed E-state index contributed by atoms with van der Waals surface area (Å²) in [5.41, 5.74) is 1.29. The number of aryl methyl sites for hydroxylation is 1. The molecule has 1 aromatic heterocycles. The van der Waals surface area contributed by atoms with E-state index in [0.717, 1.165) is 19.4 Å². The molecule has 0 radical (unpaired) electrons. The number of pyridine rings is 1. The van der Waals surface area contributed by atoms with Gasteiger partial charge in [0.05, 0.1) is 0 Å². The highest BCUT2D eigenvalue weighted by Crippen LogP contribution is 2.12. The van der Waals surface area contributed by atoms with Gasteiger partial charge in [0.15, 0.2) is 18.2 Å². The van der Waals surface area contributed by atoms with E-state index in [4.69, 9.17) is 0 Å². The third-order valence-electron chi connectivity index (χ3n) is 3.40. The smallest absolute Gasteiger partial charge is 0.224 e. The largest absolute Gasteiger partial charge is 0.326 e. The fourth-order valence-electron chi connectivity index (χ4n) is 2.20. The van der Waals surface area contributed by atoms with E-state index in [0.29, 0.717) is 17.7 Å². The van der Waals surface area contributed by atoms with Gasteiger partial charge in [0.1, 0.15) is 6.54 Å². The summed E-state index contributed by atoms with van der Waals surface area (Å²) in [6.45, 7) is 2.43. The molecule has 0 bridgehead atoms. The van der Waals surface area contributed by atoms with E-state index >= 15 is 0 Å². The molecule has 0 saturated carbocycles. The topological polar surface area (TPSA) is 50.1 Å². The minimum absolute atomic E-state index is 0.00372. The molecule has 2 rings (SSSR count). The number of aromatic nitrogens is 1. The standard InChI is InChI=1S/C18H20N2O2/c1-15(21)16-8-7-9-17(14-16)19-18(22)10-3-6-13-20-11-4-2-5-12-20/h2,4-5,7-9,11-12,14H,3,6,10,13H2,1H3/p+1. The van der Waals surface area contributed by atoms with Crippen LogP contribution in [-0.2, 0) is 11.3 Å². The van der Waals surface area contributed by atoms with Crippen LogP contribution in [0, 0.1) is 0 Å². The quantitative estimate of drug-likeness (QED) is 0.485. The van der Waals surface area contributed by atoms with Crippen molar-refractivity contribution >= 4 is 17.4 Å². The van der Waals surface area contributed by atoms with Gasteiger partial charge in [-0.1, -0.05) is 18.2 Å². The molecule has 0 aliphatic carbocycles. The molecule has 4 nitrogen and oxygen atoms in total. The summed E-state index contributed by atoms with van der Waals surface area (Å²) in [4.78, 5) is 23.2. The lowest BCUT2D eigenvalue weighted by atomic mass is 10.1. The van der Waals surface area contributed by atoms with Crippen molar-refractivity contribution in [1.82, 2.24) is 0 Å². The van der Waals surface area contributed by atoms with Gasteiger partial charge in [0.2, 0.25) is 5.91 Å². The van der Waals surface area contributed by atoms with Crippen LogP contribution in [0.25, 0.3) is 0 Å². The summed E-state index contributed by atoms with van der Waals surface area (Å²) in [6.07, 6.45) is 6.31. The number of benzene rings is 1. The molecule has 0 aliphatic rings. The third kappa shape index (κ3) is 5.13. The molecule has 22 heavy (non-hydrogen) atoms. The molecule has 0 unspecified atom stereocenters. The van der Waals surface area contributed by atoms with Gasteiger partial charge in [0.25, 0.3) is 0 Å². The molecule has 0 atom stereocenters. The minimum atomic E-state index is -0.0150. The zero-order valence-electron chi connectivity index (χ0n) is 12.8. The van der Waals surface area contributed by atoms with Crippen molar-refractivity contribution < 1.29 is 14.2 Å². The lowest BCUT2D eigenvalue weighted by Crippen LogP contribution is -2.32. The van der Waals surface area contributed by atoms with Gasteiger partial charge in [-0.15, -0.1) is 0 Å². The zero-order chi connectivity index (χ0) is 15.8. The summed E-state index contributed by atoms with van der Waals surface area (Å²) < 4.78 is 2.11. The molecular weight excluding hydrogens is 276 g/mol. The van der Waals surface area contributed by atoms with Crippen molar-refractivity contribution in [1.29, 1.82) is 0 Å². The lowest BCUT2D eigenvalue weighted by Gasteiger charge is -2.06. The zero-order valence-corrected chi connectivity index (χ0v) is 12.8. The maximum Gasteiger partial charge on any atom is 0.224 e. The number of unbranched alkanes of at least 4 members (excludes halogenated alkanes) is 1. The second kappa shape index (κ2) is 8.08. The van der Waals surface area contributed by atoms with Crippen LogP contribution in [0.5, 0.6) is 0 Å². The fraction of sp³-hybridized carbons (Fsp3) is 0.278. The third-order valence-corrected chi connectivity index (χ3v) is 3.40. The molecule has 1 aromatic carbocycles. The SMILES string of the molecule is CC(=O)c1cccc(NC(=O)CCCC[n+]2ccccc2)c1. The number of amides is 1. The van der Waals surface area contributed by atoms with Gasteiger partial charge in [-0.05, 0) is 25.5 Å². The molecule has 0 fully saturated rings. The molecular formula is C18H21N2O2+. The predicted molar refractivity (Wildman–Crippen MR) is 85.6 cm³/mol. The second-order valence-electron chi connectivity index (χ2n) is 5.26. The number of hydrogen-bond acceptors (Lipinski definition) is 2. The normalized spacial score (nSPS) is 10.2. The van der Waals surface area contributed by atoms with Crippen LogP contribution in [0.3, 0.4) is 0 Å². The molecule has 0 saturated heterocycles. The van der Waals surface area contributed by atoms with Crippen molar-refractivity contribution in [3.05, 3.63) is 60.4 Å². The van der Waals surface area contributed by atoms with Gasteiger partial charge >= 0.3 is 0 Å². The highest BCUT2D eigenvalue weighted by Gasteiger charge is 2.06. The van der Waals surface area contributed by atoms with Crippen LogP contribution in [0.4, 0.5) is 5.69 Å². The van der Waals surface area contributed by atoms with Crippen LogP contribution in [-0.4, -0.2) is 11.7 Å². The number of ketones is 1. The van der Waals surface area contributed by atoms with E-state index in [-0.39, 0.29) is 11.7 Å². The number of hydrogen-bond donors (Lipinski definition) is 1. The van der Waals surface area contributed by atoms with Crippen molar-refractivity contribution in [3.63, 3.8) is 0 Å². The predicted octanol–water partition coefficient (Wildman–Crippen LogP) is 2.99. The summed E-state index contributed by atoms with van der Waals surface area (Å²) in [6, 6.07) is 13.0. The van der Waals surface area contributed by atoms with Crippen molar-refractivity contribution in [2.24, 2.45) is 0 Å². The Kier molecular flexibility index (Phi) is 5.83. The van der Waals surface area contributed by atoms with E-state index in [1.165, 1.54) is 6.92 Å². The maximum atomic E-state index is 11.9. The average Bonchev–Trinajstić information content (AvgIpc) is 2.53. The van der Waals surface area contributed by atoms with Crippen molar-refractivity contribution in [2.45, 2.75) is 32.7 Å². The summed E-state index contributed by atoms with van der Waals surface area (Å²) in [7, 11) is 0. The van der Waals surface area contributed by atoms with Gasteiger partial charge < -0.3 is 5.32 Å². The lowest BCUT2D eigenvalue weighted by molar-refractivity contribution is -0.697. The van der Waals surface area contributed by atoms with Crippen molar-refractivity contribution in [3.8, 4) is 0 Å². The van der Waals surface area contributed by atoms with E-state index in [9.17, 15) is 9.59 Å². The number of rotatable bonds is 7. The molecule has 0 aliphatic heterocycles. The summed E-state index contributed by atoms with van der Waals surface area (Å²) in [5, 5.41) is 2.84. The van der Waals surface area contributed by atoms with Crippen molar-refractivity contribution in [2.75, 3.05) is 5.32 Å². The highest BCUT2D eigenvalue weighted by atomic mass is 16.1. The second-order valence-corrected chi connectivity index (χ2v) is 5.26. The molecule has 1 N–H and O–H groups in total. The van der Waals surface area contributed by atoms with Crippen LogP contribution in [0.1, 0.15) is 36.5 Å². The number of carbonyl (C=O) groups excluding carboxylic acids is 2. The Morgan fingerprint density at radius 1 is 1.05 bits per heavy atom. The minimum Gasteiger partial charge on any atom is -0.326 e. The first-order valence-corrected chi connectivity index (χ1v) is 7.50. The van der Waals surface area contributed by atoms with Gasteiger partial charge in [-0.25, -0.2) is 4.57 Å². The average molecular weight is 297 g/mol. The Labute approximate surface area is 130 Å². The molecule has 1 heterocycles. The molecule has 2 aromatic rings. The van der Waals surface area contributed by atoms with E-state index in [1.54, 1.807) is 24.3 Å². The van der Waals surface area contributed by atoms with Crippen LogP contribution in [0.2, 0.25) is 0 Å². The number of Topliss-reactive ketones (excluding diaryl/α,β-unsaturated/α-hetero) is 1. The molecule has 114 valence electrons. The van der Waals surface area contributed by atoms with E-state index < -0.39 is 0 Å². The first-order valence-electron chi connectivity index (χ1n) is 7.50. The molecule has 4 heteroatoms. The molecule has 0 spiro atoms. The van der Waals surface area contributed by atoms with Crippen LogP contribution in [0.15, 0.2) is 54.9 Å². The number of nitrogens with one attached hydrogen (secondary N) is 1. The Balaban J connectivity index is 1.74. The summed E-state index contributed by atoms with van der Waals surface area (Å²) >= 11 is 0. The maximum absolute atomic E-state index is 11.9. The number of anilines is 1. The monoisotopic (exact) mass is 297 g/mol. The Morgan fingerprint density at radius 3 is 2.55 bits per heavy atom. The Hall–Kier alpha value is -2.49. The first kappa shape index (κ1) is 15.9. The van der Waals surface area contributed by atoms with Gasteiger partial charge in [0, 0.05) is 36.2 Å². The van der Waals surface area contributed by atoms with Gasteiger partial charge in [-0.3, -0.25) is 9.59 Å². The Bertz CT molecular complexity index is 639. The highest BCUT2D eigenvalue weighted by molar-refractivity contribution is 5.97. The van der Waals surface area contributed by atoms with E-state index in [2.05, 4.69) is 9.88 Å². The molecule has 1 amide bonds. The summed E-state index contributed by atoms with van der Waals surface area (Å²) in [5.74, 6) is -0.0188. The number of carbonyl (C=O) groups is 2. The fourth-order valence-corrected chi connectivity index (χ4v) is 2.20. The Morgan fingerprint density at radius 2 is 1.82 bits per heavy atom. The van der Waals surface area contributed by atoms with Crippen LogP contribution < -0.4 is 9.88 Å². The first-order chi connectivity index (χ1) is 10.6. The van der Waals surface area contributed by atoms with E-state index in [1.807, 2.05) is 30.6 Å².